The molecule has 0 aliphatic carbocycles. The molecule has 28 heavy (non-hydrogen) atoms. The van der Waals surface area contributed by atoms with Crippen LogP contribution in [0.15, 0.2) is 35.7 Å². The molecule has 2 saturated heterocycles. The van der Waals surface area contributed by atoms with Gasteiger partial charge in [-0.05, 0) is 74.1 Å². The molecule has 4 rings (SSSR count). The summed E-state index contributed by atoms with van der Waals surface area (Å²) < 4.78 is 0. The average molecular weight is 400 g/mol. The molecule has 2 aliphatic rings. The van der Waals surface area contributed by atoms with Gasteiger partial charge < -0.3 is 15.3 Å². The van der Waals surface area contributed by atoms with Gasteiger partial charge in [0.2, 0.25) is 0 Å². The number of anilines is 1. The van der Waals surface area contributed by atoms with Crippen LogP contribution in [0.25, 0.3) is 0 Å². The molecule has 2 aliphatic heterocycles. The van der Waals surface area contributed by atoms with Gasteiger partial charge in [0.05, 0.1) is 12.1 Å². The van der Waals surface area contributed by atoms with Crippen LogP contribution in [-0.4, -0.2) is 59.1 Å². The van der Waals surface area contributed by atoms with Crippen molar-refractivity contribution in [3.63, 3.8) is 0 Å². The van der Waals surface area contributed by atoms with E-state index in [1.54, 1.807) is 16.2 Å². The quantitative estimate of drug-likeness (QED) is 0.810. The molecule has 1 amide bonds. The number of hydrogen-bond acceptors (Lipinski definition) is 5. The average Bonchev–Trinajstić information content (AvgIpc) is 3.32. The number of carbonyl (C=O) groups excluding carboxylic acids is 1. The molecule has 1 aromatic carbocycles. The Kier molecular flexibility index (Phi) is 5.99. The second kappa shape index (κ2) is 8.64. The van der Waals surface area contributed by atoms with Crippen LogP contribution in [0.1, 0.15) is 40.1 Å². The lowest BCUT2D eigenvalue weighted by Crippen LogP contribution is -2.46. The van der Waals surface area contributed by atoms with Gasteiger partial charge in [0.15, 0.2) is 0 Å². The largest absolute Gasteiger partial charge is 0.390 e. The maximum Gasteiger partial charge on any atom is 0.253 e. The fourth-order valence-electron chi connectivity index (χ4n) is 4.22. The van der Waals surface area contributed by atoms with E-state index in [1.807, 2.05) is 24.3 Å². The number of hydrogen-bond donors (Lipinski definition) is 2. The molecule has 2 N–H and O–H groups in total. The van der Waals surface area contributed by atoms with Crippen LogP contribution in [-0.2, 0) is 6.54 Å². The summed E-state index contributed by atoms with van der Waals surface area (Å²) in [5, 5.41) is 16.0. The van der Waals surface area contributed by atoms with Gasteiger partial charge in [-0.15, -0.1) is 11.3 Å². The predicted octanol–water partition coefficient (Wildman–Crippen LogP) is 3.34. The van der Waals surface area contributed by atoms with Gasteiger partial charge in [0.25, 0.3) is 5.91 Å². The third-order valence-electron chi connectivity index (χ3n) is 5.96. The van der Waals surface area contributed by atoms with Crippen molar-refractivity contribution in [1.82, 2.24) is 9.80 Å². The first-order valence-corrected chi connectivity index (χ1v) is 11.1. The Morgan fingerprint density at radius 2 is 1.89 bits per heavy atom. The van der Waals surface area contributed by atoms with E-state index in [-0.39, 0.29) is 11.9 Å². The van der Waals surface area contributed by atoms with Crippen LogP contribution in [0.2, 0.25) is 0 Å². The number of β-amino-alcohol motifs (C(OH)–C–C–N with tert-alkyl or cyclic N) is 1. The minimum atomic E-state index is -0.447. The molecule has 5 nitrogen and oxygen atoms in total. The molecule has 2 fully saturated rings. The predicted molar refractivity (Wildman–Crippen MR) is 114 cm³/mol. The molecule has 2 unspecified atom stereocenters. The fourth-order valence-corrected chi connectivity index (χ4v) is 5.07. The second-order valence-electron chi connectivity index (χ2n) is 7.90. The van der Waals surface area contributed by atoms with Crippen molar-refractivity contribution < 1.29 is 9.90 Å². The summed E-state index contributed by atoms with van der Waals surface area (Å²) in [7, 11) is 0. The van der Waals surface area contributed by atoms with Crippen molar-refractivity contribution in [3.05, 3.63) is 51.7 Å². The van der Waals surface area contributed by atoms with Crippen LogP contribution in [0.5, 0.6) is 0 Å². The van der Waals surface area contributed by atoms with E-state index in [2.05, 4.69) is 28.6 Å². The normalized spacial score (nSPS) is 23.1. The molecule has 150 valence electrons. The topological polar surface area (TPSA) is 55.8 Å². The summed E-state index contributed by atoms with van der Waals surface area (Å²) in [6.45, 7) is 6.04. The lowest BCUT2D eigenvalue weighted by Gasteiger charge is -2.33. The monoisotopic (exact) mass is 399 g/mol. The smallest absolute Gasteiger partial charge is 0.253 e. The number of aliphatic hydroxyl groups is 1. The van der Waals surface area contributed by atoms with E-state index in [1.165, 1.54) is 29.7 Å². The number of benzene rings is 1. The van der Waals surface area contributed by atoms with Gasteiger partial charge in [-0.2, -0.15) is 0 Å². The SMILES string of the molecule is Cc1ccsc1CNc1ccc(C(=O)N2CC(O)C(N3CCCCC3)C2)cc1. The molecule has 3 heterocycles. The highest BCUT2D eigenvalue weighted by Crippen LogP contribution is 2.23. The van der Waals surface area contributed by atoms with E-state index in [4.69, 9.17) is 0 Å². The third kappa shape index (κ3) is 4.24. The number of carbonyl (C=O) groups is 1. The van der Waals surface area contributed by atoms with Crippen LogP contribution in [0, 0.1) is 6.92 Å². The van der Waals surface area contributed by atoms with Gasteiger partial charge in [-0.3, -0.25) is 9.69 Å². The molecule has 0 spiro atoms. The summed E-state index contributed by atoms with van der Waals surface area (Å²) >= 11 is 1.75. The maximum absolute atomic E-state index is 12.9. The zero-order chi connectivity index (χ0) is 19.5. The Balaban J connectivity index is 1.35. The van der Waals surface area contributed by atoms with Gasteiger partial charge in [0, 0.05) is 35.8 Å². The van der Waals surface area contributed by atoms with Crippen molar-refractivity contribution >= 4 is 22.9 Å². The number of rotatable bonds is 5. The fraction of sp³-hybridized carbons (Fsp3) is 0.500. The Morgan fingerprint density at radius 1 is 1.14 bits per heavy atom. The van der Waals surface area contributed by atoms with Crippen LogP contribution in [0.4, 0.5) is 5.69 Å². The first-order valence-electron chi connectivity index (χ1n) is 10.2. The Hall–Kier alpha value is -1.89. The summed E-state index contributed by atoms with van der Waals surface area (Å²) in [5.74, 6) is 0.0132. The molecular weight excluding hydrogens is 370 g/mol. The molecule has 1 aromatic heterocycles. The van der Waals surface area contributed by atoms with Gasteiger partial charge in [-0.1, -0.05) is 6.42 Å². The second-order valence-corrected chi connectivity index (χ2v) is 8.90. The summed E-state index contributed by atoms with van der Waals surface area (Å²) in [6.07, 6.45) is 3.21. The number of thiophene rings is 1. The highest BCUT2D eigenvalue weighted by atomic mass is 32.1. The van der Waals surface area contributed by atoms with Crippen LogP contribution in [0.3, 0.4) is 0 Å². The first kappa shape index (κ1) is 19.4. The minimum Gasteiger partial charge on any atom is -0.390 e. The van der Waals surface area contributed by atoms with E-state index in [0.29, 0.717) is 18.7 Å². The van der Waals surface area contributed by atoms with Crippen LogP contribution >= 0.6 is 11.3 Å². The zero-order valence-electron chi connectivity index (χ0n) is 16.4. The van der Waals surface area contributed by atoms with Crippen molar-refractivity contribution in [2.24, 2.45) is 0 Å². The number of aliphatic hydroxyl groups excluding tert-OH is 1. The van der Waals surface area contributed by atoms with E-state index >= 15 is 0 Å². The molecule has 0 saturated carbocycles. The Morgan fingerprint density at radius 3 is 2.57 bits per heavy atom. The number of nitrogens with one attached hydrogen (secondary N) is 1. The highest BCUT2D eigenvalue weighted by Gasteiger charge is 2.38. The molecule has 0 bridgehead atoms. The molecule has 0 radical (unpaired) electrons. The summed E-state index contributed by atoms with van der Waals surface area (Å²) in [6, 6.07) is 9.90. The number of piperidine rings is 1. The third-order valence-corrected chi connectivity index (χ3v) is 6.98. The number of amides is 1. The van der Waals surface area contributed by atoms with E-state index in [0.717, 1.165) is 25.3 Å². The summed E-state index contributed by atoms with van der Waals surface area (Å²) in [5.41, 5.74) is 3.00. The zero-order valence-corrected chi connectivity index (χ0v) is 17.3. The van der Waals surface area contributed by atoms with Crippen molar-refractivity contribution in [1.29, 1.82) is 0 Å². The van der Waals surface area contributed by atoms with Crippen LogP contribution < -0.4 is 5.32 Å². The van der Waals surface area contributed by atoms with Gasteiger partial charge in [0.1, 0.15) is 0 Å². The lowest BCUT2D eigenvalue weighted by atomic mass is 10.1. The number of likely N-dealkylation sites (tertiary alicyclic amines) is 2. The standard InChI is InChI=1S/C22H29N3O2S/c1-16-9-12-28-21(16)13-23-18-7-5-17(6-8-18)22(27)25-14-19(20(26)15-25)24-10-3-2-4-11-24/h5-9,12,19-20,23,26H,2-4,10-11,13-15H2,1H3. The highest BCUT2D eigenvalue weighted by molar-refractivity contribution is 7.10. The molecule has 2 aromatic rings. The van der Waals surface area contributed by atoms with Gasteiger partial charge >= 0.3 is 0 Å². The maximum atomic E-state index is 12.9. The van der Waals surface area contributed by atoms with E-state index in [9.17, 15) is 9.90 Å². The molecule has 6 heteroatoms. The summed E-state index contributed by atoms with van der Waals surface area (Å²) in [4.78, 5) is 18.4. The minimum absolute atomic E-state index is 0.0132. The van der Waals surface area contributed by atoms with Gasteiger partial charge in [-0.25, -0.2) is 0 Å². The molecular formula is C22H29N3O2S. The van der Waals surface area contributed by atoms with Crippen molar-refractivity contribution in [3.8, 4) is 0 Å². The first-order chi connectivity index (χ1) is 13.6. The van der Waals surface area contributed by atoms with Crippen molar-refractivity contribution in [2.75, 3.05) is 31.5 Å². The number of aryl methyl sites for hydroxylation is 1. The van der Waals surface area contributed by atoms with E-state index < -0.39 is 6.10 Å². The Bertz CT molecular complexity index is 798. The molecule has 2 atom stereocenters. The lowest BCUT2D eigenvalue weighted by molar-refractivity contribution is 0.0702. The van der Waals surface area contributed by atoms with Crippen molar-refractivity contribution in [2.45, 2.75) is 44.9 Å². The Labute approximate surface area is 171 Å². The number of nitrogens with zero attached hydrogens (tertiary/aromatic N) is 2.